The van der Waals surface area contributed by atoms with Crippen LogP contribution in [0.2, 0.25) is 0 Å². The number of benzene rings is 2. The lowest BCUT2D eigenvalue weighted by atomic mass is 10.0. The molecule has 3 heteroatoms. The molecule has 3 nitrogen and oxygen atoms in total. The van der Waals surface area contributed by atoms with Crippen molar-refractivity contribution in [2.24, 2.45) is 0 Å². The summed E-state index contributed by atoms with van der Waals surface area (Å²) < 4.78 is 16.3. The average molecular weight is 312 g/mol. The molecule has 2 aromatic carbocycles. The SMILES string of the molecule is COc1ccc(CCCCc2ccccc2OCC2CO2)cc1. The Balaban J connectivity index is 1.44. The molecule has 1 aliphatic heterocycles. The van der Waals surface area contributed by atoms with Gasteiger partial charge >= 0.3 is 0 Å². The summed E-state index contributed by atoms with van der Waals surface area (Å²) >= 11 is 0. The summed E-state index contributed by atoms with van der Waals surface area (Å²) in [6.07, 6.45) is 4.79. The first-order valence-electron chi connectivity index (χ1n) is 8.30. The van der Waals surface area contributed by atoms with E-state index >= 15 is 0 Å². The lowest BCUT2D eigenvalue weighted by molar-refractivity contribution is 0.261. The number of para-hydroxylation sites is 1. The van der Waals surface area contributed by atoms with E-state index in [1.807, 2.05) is 18.2 Å². The molecule has 0 amide bonds. The zero-order valence-electron chi connectivity index (χ0n) is 13.7. The van der Waals surface area contributed by atoms with Crippen molar-refractivity contribution in [2.75, 3.05) is 20.3 Å². The van der Waals surface area contributed by atoms with E-state index in [0.717, 1.165) is 37.4 Å². The van der Waals surface area contributed by atoms with Gasteiger partial charge in [0.15, 0.2) is 0 Å². The van der Waals surface area contributed by atoms with E-state index in [1.165, 1.54) is 17.5 Å². The van der Waals surface area contributed by atoms with E-state index in [2.05, 4.69) is 30.3 Å². The van der Waals surface area contributed by atoms with Crippen molar-refractivity contribution in [1.82, 2.24) is 0 Å². The number of epoxide rings is 1. The molecule has 1 saturated heterocycles. The minimum absolute atomic E-state index is 0.304. The Hall–Kier alpha value is -2.00. The van der Waals surface area contributed by atoms with Gasteiger partial charge in [0, 0.05) is 0 Å². The molecule has 1 fully saturated rings. The van der Waals surface area contributed by atoms with Crippen LogP contribution in [0.3, 0.4) is 0 Å². The Kier molecular flexibility index (Phi) is 5.54. The molecule has 3 rings (SSSR count). The van der Waals surface area contributed by atoms with E-state index < -0.39 is 0 Å². The van der Waals surface area contributed by atoms with E-state index in [9.17, 15) is 0 Å². The van der Waals surface area contributed by atoms with Crippen LogP contribution in [0.5, 0.6) is 11.5 Å². The van der Waals surface area contributed by atoms with Gasteiger partial charge in [-0.05, 0) is 55.0 Å². The van der Waals surface area contributed by atoms with Crippen molar-refractivity contribution in [1.29, 1.82) is 0 Å². The molecule has 0 radical (unpaired) electrons. The summed E-state index contributed by atoms with van der Waals surface area (Å²) in [5, 5.41) is 0. The maximum atomic E-state index is 5.86. The van der Waals surface area contributed by atoms with Crippen LogP contribution in [-0.2, 0) is 17.6 Å². The van der Waals surface area contributed by atoms with Gasteiger partial charge in [0.2, 0.25) is 0 Å². The second kappa shape index (κ2) is 8.02. The Morgan fingerprint density at radius 2 is 1.74 bits per heavy atom. The van der Waals surface area contributed by atoms with Crippen molar-refractivity contribution >= 4 is 0 Å². The van der Waals surface area contributed by atoms with Gasteiger partial charge in [-0.1, -0.05) is 30.3 Å². The van der Waals surface area contributed by atoms with Crippen LogP contribution in [0.15, 0.2) is 48.5 Å². The molecular weight excluding hydrogens is 288 g/mol. The molecule has 2 aromatic rings. The Morgan fingerprint density at radius 1 is 1.00 bits per heavy atom. The van der Waals surface area contributed by atoms with E-state index in [-0.39, 0.29) is 0 Å². The second-order valence-electron chi connectivity index (χ2n) is 5.93. The zero-order chi connectivity index (χ0) is 15.9. The highest BCUT2D eigenvalue weighted by molar-refractivity contribution is 5.33. The number of unbranched alkanes of at least 4 members (excludes halogenated alkanes) is 1. The van der Waals surface area contributed by atoms with Crippen LogP contribution in [0.25, 0.3) is 0 Å². The van der Waals surface area contributed by atoms with Crippen molar-refractivity contribution in [3.63, 3.8) is 0 Å². The zero-order valence-corrected chi connectivity index (χ0v) is 13.7. The van der Waals surface area contributed by atoms with Gasteiger partial charge in [-0.15, -0.1) is 0 Å². The summed E-state index contributed by atoms with van der Waals surface area (Å²) in [6.45, 7) is 1.51. The molecule has 1 atom stereocenters. The van der Waals surface area contributed by atoms with Gasteiger partial charge in [-0.25, -0.2) is 0 Å². The molecule has 1 unspecified atom stereocenters. The minimum atomic E-state index is 0.304. The van der Waals surface area contributed by atoms with Gasteiger partial charge in [-0.3, -0.25) is 0 Å². The van der Waals surface area contributed by atoms with E-state index in [4.69, 9.17) is 14.2 Å². The lowest BCUT2D eigenvalue weighted by Crippen LogP contribution is -2.05. The standard InChI is InChI=1S/C20H24O3/c1-21-18-12-10-16(11-13-18)6-2-3-7-17-8-4-5-9-20(17)23-15-19-14-22-19/h4-5,8-13,19H,2-3,6-7,14-15H2,1H3. The molecule has 0 bridgehead atoms. The molecule has 0 aromatic heterocycles. The predicted molar refractivity (Wildman–Crippen MR) is 91.3 cm³/mol. The molecule has 0 N–H and O–H groups in total. The molecule has 122 valence electrons. The number of hydrogen-bond acceptors (Lipinski definition) is 3. The van der Waals surface area contributed by atoms with Crippen LogP contribution in [0.4, 0.5) is 0 Å². The highest BCUT2D eigenvalue weighted by Gasteiger charge is 2.23. The summed E-state index contributed by atoms with van der Waals surface area (Å²) in [6, 6.07) is 16.7. The predicted octanol–water partition coefficient (Wildman–Crippen LogP) is 4.04. The van der Waals surface area contributed by atoms with Gasteiger partial charge in [0.1, 0.15) is 24.2 Å². The first kappa shape index (κ1) is 15.9. The number of rotatable bonds is 9. The lowest BCUT2D eigenvalue weighted by Gasteiger charge is -2.10. The normalized spacial score (nSPS) is 16.1. The number of ether oxygens (including phenoxy) is 3. The highest BCUT2D eigenvalue weighted by atomic mass is 16.6. The van der Waals surface area contributed by atoms with Gasteiger partial charge in [0.05, 0.1) is 13.7 Å². The summed E-state index contributed by atoms with van der Waals surface area (Å²) in [5.74, 6) is 1.92. The van der Waals surface area contributed by atoms with Crippen molar-refractivity contribution < 1.29 is 14.2 Å². The number of aryl methyl sites for hydroxylation is 2. The topological polar surface area (TPSA) is 31.0 Å². The summed E-state index contributed by atoms with van der Waals surface area (Å²) in [5.41, 5.74) is 2.66. The fourth-order valence-electron chi connectivity index (χ4n) is 2.63. The first-order valence-corrected chi connectivity index (χ1v) is 8.30. The fourth-order valence-corrected chi connectivity index (χ4v) is 2.63. The highest BCUT2D eigenvalue weighted by Crippen LogP contribution is 2.22. The Bertz CT molecular complexity index is 603. The smallest absolute Gasteiger partial charge is 0.122 e. The van der Waals surface area contributed by atoms with Crippen LogP contribution in [0.1, 0.15) is 24.0 Å². The summed E-state index contributed by atoms with van der Waals surface area (Å²) in [7, 11) is 1.70. The van der Waals surface area contributed by atoms with Gasteiger partial charge in [0.25, 0.3) is 0 Å². The van der Waals surface area contributed by atoms with Gasteiger partial charge in [-0.2, -0.15) is 0 Å². The molecule has 1 aliphatic rings. The van der Waals surface area contributed by atoms with Crippen LogP contribution in [0, 0.1) is 0 Å². The molecule has 1 heterocycles. The molecular formula is C20H24O3. The largest absolute Gasteiger partial charge is 0.497 e. The van der Waals surface area contributed by atoms with Crippen LogP contribution < -0.4 is 9.47 Å². The van der Waals surface area contributed by atoms with Crippen molar-refractivity contribution in [2.45, 2.75) is 31.8 Å². The number of hydrogen-bond donors (Lipinski definition) is 0. The van der Waals surface area contributed by atoms with Crippen molar-refractivity contribution in [3.8, 4) is 11.5 Å². The quantitative estimate of drug-likeness (QED) is 0.517. The van der Waals surface area contributed by atoms with E-state index in [0.29, 0.717) is 12.7 Å². The first-order chi connectivity index (χ1) is 11.3. The maximum Gasteiger partial charge on any atom is 0.122 e. The van der Waals surface area contributed by atoms with E-state index in [1.54, 1.807) is 7.11 Å². The molecule has 0 spiro atoms. The van der Waals surface area contributed by atoms with Crippen molar-refractivity contribution in [3.05, 3.63) is 59.7 Å². The molecule has 0 saturated carbocycles. The third-order valence-corrected chi connectivity index (χ3v) is 4.12. The Labute approximate surface area is 138 Å². The van der Waals surface area contributed by atoms with Gasteiger partial charge < -0.3 is 14.2 Å². The maximum absolute atomic E-state index is 5.86. The number of methoxy groups -OCH3 is 1. The van der Waals surface area contributed by atoms with Crippen LogP contribution in [-0.4, -0.2) is 26.4 Å². The fraction of sp³-hybridized carbons (Fsp3) is 0.400. The minimum Gasteiger partial charge on any atom is -0.497 e. The van der Waals surface area contributed by atoms with Crippen LogP contribution >= 0.6 is 0 Å². The third-order valence-electron chi connectivity index (χ3n) is 4.12. The Morgan fingerprint density at radius 3 is 2.48 bits per heavy atom. The third kappa shape index (κ3) is 5.00. The average Bonchev–Trinajstić information content (AvgIpc) is 3.43. The monoisotopic (exact) mass is 312 g/mol. The molecule has 23 heavy (non-hydrogen) atoms. The second-order valence-corrected chi connectivity index (χ2v) is 5.93. The summed E-state index contributed by atoms with van der Waals surface area (Å²) in [4.78, 5) is 0. The molecule has 0 aliphatic carbocycles.